The van der Waals surface area contributed by atoms with Crippen LogP contribution in [0.15, 0.2) is 18.2 Å². The molecular weight excluding hydrogens is 347 g/mol. The van der Waals surface area contributed by atoms with Gasteiger partial charge in [0.05, 0.1) is 30.5 Å². The van der Waals surface area contributed by atoms with Gasteiger partial charge in [0.25, 0.3) is 0 Å². The summed E-state index contributed by atoms with van der Waals surface area (Å²) in [5.41, 5.74) is 0.247. The van der Waals surface area contributed by atoms with Gasteiger partial charge in [-0.05, 0) is 31.0 Å². The van der Waals surface area contributed by atoms with Crippen LogP contribution >= 0.6 is 0 Å². The van der Waals surface area contributed by atoms with Crippen molar-refractivity contribution in [3.8, 4) is 6.07 Å². The Balaban J connectivity index is 1.64. The van der Waals surface area contributed by atoms with Gasteiger partial charge < -0.3 is 15.4 Å². The lowest BCUT2D eigenvalue weighted by Gasteiger charge is -2.45. The summed E-state index contributed by atoms with van der Waals surface area (Å²) in [5.74, 6) is -0.610. The Morgan fingerprint density at radius 1 is 1.22 bits per heavy atom. The molecule has 0 aromatic heterocycles. The number of amides is 2. The molecule has 1 aromatic rings. The number of benzene rings is 1. The van der Waals surface area contributed by atoms with E-state index in [0.717, 1.165) is 58.1 Å². The molecule has 2 fully saturated rings. The fourth-order valence-corrected chi connectivity index (χ4v) is 4.13. The van der Waals surface area contributed by atoms with Crippen LogP contribution in [0.5, 0.6) is 0 Å². The number of hydrogen-bond donors (Lipinski definition) is 2. The lowest BCUT2D eigenvalue weighted by molar-refractivity contribution is -0.0275. The van der Waals surface area contributed by atoms with Gasteiger partial charge in [0, 0.05) is 25.2 Å². The maximum absolute atomic E-state index is 14.0. The third-order valence-corrected chi connectivity index (χ3v) is 5.64. The van der Waals surface area contributed by atoms with E-state index < -0.39 is 11.8 Å². The topological polar surface area (TPSA) is 77.4 Å². The molecule has 2 amide bonds. The van der Waals surface area contributed by atoms with Gasteiger partial charge in [0.2, 0.25) is 0 Å². The van der Waals surface area contributed by atoms with Crippen LogP contribution < -0.4 is 10.6 Å². The van der Waals surface area contributed by atoms with Gasteiger partial charge in [-0.3, -0.25) is 4.90 Å². The summed E-state index contributed by atoms with van der Waals surface area (Å²) in [6.45, 7) is 3.76. The number of anilines is 1. The molecule has 146 valence electrons. The van der Waals surface area contributed by atoms with E-state index in [1.165, 1.54) is 25.0 Å². The molecule has 0 spiro atoms. The van der Waals surface area contributed by atoms with Crippen molar-refractivity contribution in [3.05, 3.63) is 29.6 Å². The monoisotopic (exact) mass is 374 g/mol. The lowest BCUT2D eigenvalue weighted by atomic mass is 9.87. The molecule has 3 rings (SSSR count). The van der Waals surface area contributed by atoms with Crippen LogP contribution in [0.4, 0.5) is 14.9 Å². The predicted molar refractivity (Wildman–Crippen MR) is 101 cm³/mol. The van der Waals surface area contributed by atoms with Crippen LogP contribution in [0, 0.1) is 17.1 Å². The second-order valence-electron chi connectivity index (χ2n) is 7.35. The SMILES string of the molecule is N#Cc1ccc(NC(=O)NCC2(N3CCOCC3)CCCCCC2)c(F)c1. The van der Waals surface area contributed by atoms with Crippen LogP contribution in [0.3, 0.4) is 0 Å². The van der Waals surface area contributed by atoms with Crippen molar-refractivity contribution < 1.29 is 13.9 Å². The van der Waals surface area contributed by atoms with Crippen LogP contribution in [-0.2, 0) is 4.74 Å². The molecule has 2 aliphatic rings. The highest BCUT2D eigenvalue weighted by Gasteiger charge is 2.38. The summed E-state index contributed by atoms with van der Waals surface area (Å²) in [6, 6.07) is 5.48. The normalized spacial score (nSPS) is 20.3. The molecule has 1 aliphatic heterocycles. The zero-order chi connectivity index (χ0) is 19.1. The van der Waals surface area contributed by atoms with E-state index in [4.69, 9.17) is 10.00 Å². The summed E-state index contributed by atoms with van der Waals surface area (Å²) in [4.78, 5) is 14.8. The van der Waals surface area contributed by atoms with Crippen LogP contribution in [0.2, 0.25) is 0 Å². The molecule has 1 saturated heterocycles. The molecule has 1 heterocycles. The maximum Gasteiger partial charge on any atom is 0.319 e. The molecule has 1 aliphatic carbocycles. The first-order chi connectivity index (χ1) is 13.1. The van der Waals surface area contributed by atoms with E-state index in [1.807, 2.05) is 6.07 Å². The molecule has 0 unspecified atom stereocenters. The van der Waals surface area contributed by atoms with Gasteiger partial charge in [0.1, 0.15) is 5.82 Å². The number of urea groups is 1. The third kappa shape index (κ3) is 4.96. The van der Waals surface area contributed by atoms with Gasteiger partial charge in [-0.1, -0.05) is 25.7 Å². The number of carbonyl (C=O) groups is 1. The number of hydrogen-bond acceptors (Lipinski definition) is 4. The van der Waals surface area contributed by atoms with E-state index in [0.29, 0.717) is 6.54 Å². The Morgan fingerprint density at radius 3 is 2.56 bits per heavy atom. The van der Waals surface area contributed by atoms with Crippen LogP contribution in [0.1, 0.15) is 44.1 Å². The van der Waals surface area contributed by atoms with Gasteiger partial charge in [-0.2, -0.15) is 5.26 Å². The van der Waals surface area contributed by atoms with Crippen molar-refractivity contribution in [2.75, 3.05) is 38.2 Å². The highest BCUT2D eigenvalue weighted by Crippen LogP contribution is 2.33. The Bertz CT molecular complexity index is 690. The second-order valence-corrected chi connectivity index (χ2v) is 7.35. The number of nitrogens with zero attached hydrogens (tertiary/aromatic N) is 2. The molecule has 0 radical (unpaired) electrons. The average molecular weight is 374 g/mol. The van der Waals surface area contributed by atoms with E-state index in [2.05, 4.69) is 15.5 Å². The zero-order valence-electron chi connectivity index (χ0n) is 15.6. The highest BCUT2D eigenvalue weighted by atomic mass is 19.1. The van der Waals surface area contributed by atoms with Gasteiger partial charge in [-0.25, -0.2) is 9.18 Å². The average Bonchev–Trinajstić information content (AvgIpc) is 2.95. The molecule has 27 heavy (non-hydrogen) atoms. The maximum atomic E-state index is 14.0. The lowest BCUT2D eigenvalue weighted by Crippen LogP contribution is -2.59. The first-order valence-corrected chi connectivity index (χ1v) is 9.70. The number of rotatable bonds is 4. The molecule has 0 atom stereocenters. The molecular formula is C20H27FN4O2. The first-order valence-electron chi connectivity index (χ1n) is 9.70. The number of halogens is 1. The highest BCUT2D eigenvalue weighted by molar-refractivity contribution is 5.89. The Hall–Kier alpha value is -2.17. The van der Waals surface area contributed by atoms with Crippen molar-refractivity contribution in [2.45, 2.75) is 44.1 Å². The van der Waals surface area contributed by atoms with E-state index in [-0.39, 0.29) is 16.8 Å². The minimum absolute atomic E-state index is 0.0547. The van der Waals surface area contributed by atoms with Crippen molar-refractivity contribution in [1.82, 2.24) is 10.2 Å². The minimum atomic E-state index is -0.610. The standard InChI is InChI=1S/C20H27FN4O2/c21-17-13-16(14-22)5-6-18(17)24-19(26)23-15-20(7-3-1-2-4-8-20)25-9-11-27-12-10-25/h5-6,13H,1-4,7-12,15H2,(H2,23,24,26). The zero-order valence-corrected chi connectivity index (χ0v) is 15.6. The molecule has 1 saturated carbocycles. The molecule has 7 heteroatoms. The Labute approximate surface area is 159 Å². The van der Waals surface area contributed by atoms with Gasteiger partial charge in [0.15, 0.2) is 0 Å². The van der Waals surface area contributed by atoms with E-state index in [1.54, 1.807) is 0 Å². The largest absolute Gasteiger partial charge is 0.379 e. The van der Waals surface area contributed by atoms with Gasteiger partial charge in [-0.15, -0.1) is 0 Å². The van der Waals surface area contributed by atoms with Crippen molar-refractivity contribution in [1.29, 1.82) is 5.26 Å². The van der Waals surface area contributed by atoms with Gasteiger partial charge >= 0.3 is 6.03 Å². The fourth-order valence-electron chi connectivity index (χ4n) is 4.13. The summed E-state index contributed by atoms with van der Waals surface area (Å²) in [7, 11) is 0. The van der Waals surface area contributed by atoms with Crippen molar-refractivity contribution in [3.63, 3.8) is 0 Å². The number of nitrogens with one attached hydrogen (secondary N) is 2. The van der Waals surface area contributed by atoms with Crippen LogP contribution in [-0.4, -0.2) is 49.3 Å². The fraction of sp³-hybridized carbons (Fsp3) is 0.600. The van der Waals surface area contributed by atoms with Crippen LogP contribution in [0.25, 0.3) is 0 Å². The molecule has 2 N–H and O–H groups in total. The summed E-state index contributed by atoms with van der Waals surface area (Å²) < 4.78 is 19.5. The summed E-state index contributed by atoms with van der Waals surface area (Å²) >= 11 is 0. The van der Waals surface area contributed by atoms with E-state index in [9.17, 15) is 9.18 Å². The third-order valence-electron chi connectivity index (χ3n) is 5.64. The minimum Gasteiger partial charge on any atom is -0.379 e. The summed E-state index contributed by atoms with van der Waals surface area (Å²) in [6.07, 6.45) is 6.89. The number of nitriles is 1. The number of ether oxygens (including phenoxy) is 1. The summed E-state index contributed by atoms with van der Waals surface area (Å²) in [5, 5.41) is 14.3. The smallest absolute Gasteiger partial charge is 0.319 e. The van der Waals surface area contributed by atoms with Crippen molar-refractivity contribution in [2.24, 2.45) is 0 Å². The quantitative estimate of drug-likeness (QED) is 0.793. The number of morpholine rings is 1. The second kappa shape index (κ2) is 9.16. The Kier molecular flexibility index (Phi) is 6.64. The number of carbonyl (C=O) groups excluding carboxylic acids is 1. The molecule has 1 aromatic carbocycles. The molecule has 0 bridgehead atoms. The first kappa shape index (κ1) is 19.6. The Morgan fingerprint density at radius 2 is 1.93 bits per heavy atom. The molecule has 6 nitrogen and oxygen atoms in total. The van der Waals surface area contributed by atoms with E-state index >= 15 is 0 Å². The predicted octanol–water partition coefficient (Wildman–Crippen LogP) is 3.24. The van der Waals surface area contributed by atoms with Crippen molar-refractivity contribution >= 4 is 11.7 Å².